The van der Waals surface area contributed by atoms with E-state index in [1.54, 1.807) is 29.9 Å². The van der Waals surface area contributed by atoms with Crippen LogP contribution in [-0.2, 0) is 28.7 Å². The Labute approximate surface area is 187 Å². The Bertz CT molecular complexity index is 1070. The number of halogens is 3. The predicted octanol–water partition coefficient (Wildman–Crippen LogP) is 3.92. The molecule has 3 aromatic rings. The van der Waals surface area contributed by atoms with Crippen LogP contribution in [0.1, 0.15) is 16.8 Å². The number of pyridine rings is 1. The molecular formula is C22H21F3N4O2S. The van der Waals surface area contributed by atoms with E-state index >= 15 is 0 Å². The van der Waals surface area contributed by atoms with Gasteiger partial charge in [0.1, 0.15) is 5.01 Å². The number of aromatic nitrogens is 2. The number of benzene rings is 1. The lowest BCUT2D eigenvalue weighted by molar-refractivity contribution is -0.138. The smallest absolute Gasteiger partial charge is 0.378 e. The number of thiazole rings is 1. The average Bonchev–Trinajstić information content (AvgIpc) is 3.26. The summed E-state index contributed by atoms with van der Waals surface area (Å²) >= 11 is 1.39. The second-order valence-electron chi connectivity index (χ2n) is 7.28. The number of ether oxygens (including phenoxy) is 1. The van der Waals surface area contributed by atoms with Gasteiger partial charge in [-0.25, -0.2) is 4.98 Å². The first-order valence-electron chi connectivity index (χ1n) is 10.0. The van der Waals surface area contributed by atoms with Gasteiger partial charge in [0.05, 0.1) is 30.9 Å². The highest BCUT2D eigenvalue weighted by molar-refractivity contribution is 7.13. The summed E-state index contributed by atoms with van der Waals surface area (Å²) in [6.45, 7) is 1.84. The summed E-state index contributed by atoms with van der Waals surface area (Å²) in [4.78, 5) is 22.7. The quantitative estimate of drug-likeness (QED) is 0.602. The largest absolute Gasteiger partial charge is 0.416 e. The topological polar surface area (TPSA) is 67.4 Å². The van der Waals surface area contributed by atoms with Crippen LogP contribution in [0.5, 0.6) is 0 Å². The fourth-order valence-corrected chi connectivity index (χ4v) is 4.24. The van der Waals surface area contributed by atoms with Crippen LogP contribution < -0.4 is 10.2 Å². The van der Waals surface area contributed by atoms with E-state index in [1.807, 2.05) is 11.0 Å². The maximum Gasteiger partial charge on any atom is 0.416 e. The number of nitrogens with one attached hydrogen (secondary N) is 1. The molecule has 1 aromatic carbocycles. The highest BCUT2D eigenvalue weighted by atomic mass is 32.1. The number of hydrogen-bond donors (Lipinski definition) is 1. The van der Waals surface area contributed by atoms with Crippen LogP contribution in [0.15, 0.2) is 48.1 Å². The molecule has 168 valence electrons. The summed E-state index contributed by atoms with van der Waals surface area (Å²) in [5, 5.41) is 5.09. The van der Waals surface area contributed by atoms with Crippen LogP contribution in [-0.4, -0.2) is 42.2 Å². The normalized spacial score (nSPS) is 14.4. The molecule has 0 radical (unpaired) electrons. The lowest BCUT2D eigenvalue weighted by atomic mass is 10.0. The van der Waals surface area contributed by atoms with E-state index in [-0.39, 0.29) is 18.5 Å². The number of carbonyl (C=O) groups excluding carboxylic acids is 1. The van der Waals surface area contributed by atoms with Gasteiger partial charge in [-0.15, -0.1) is 11.3 Å². The number of amides is 1. The summed E-state index contributed by atoms with van der Waals surface area (Å²) in [5.74, 6) is -0.390. The summed E-state index contributed by atoms with van der Waals surface area (Å²) in [5.41, 5.74) is 1.19. The first-order valence-corrected chi connectivity index (χ1v) is 10.9. The minimum Gasteiger partial charge on any atom is -0.378 e. The molecule has 1 saturated heterocycles. The van der Waals surface area contributed by atoms with E-state index in [0.29, 0.717) is 37.7 Å². The second-order valence-corrected chi connectivity index (χ2v) is 8.14. The molecule has 1 amide bonds. The number of hydrogen-bond acceptors (Lipinski definition) is 6. The van der Waals surface area contributed by atoms with Gasteiger partial charge in [-0.1, -0.05) is 6.07 Å². The average molecular weight is 462 g/mol. The molecule has 4 rings (SSSR count). The monoisotopic (exact) mass is 462 g/mol. The Morgan fingerprint density at radius 2 is 2.03 bits per heavy atom. The van der Waals surface area contributed by atoms with E-state index in [0.717, 1.165) is 16.6 Å². The Balaban J connectivity index is 1.41. The van der Waals surface area contributed by atoms with Crippen LogP contribution in [0.2, 0.25) is 0 Å². The van der Waals surface area contributed by atoms with Gasteiger partial charge in [-0.2, -0.15) is 13.2 Å². The van der Waals surface area contributed by atoms with E-state index < -0.39 is 17.6 Å². The van der Waals surface area contributed by atoms with Gasteiger partial charge in [-0.05, 0) is 29.8 Å². The van der Waals surface area contributed by atoms with Crippen molar-refractivity contribution in [3.05, 3.63) is 64.9 Å². The lowest BCUT2D eigenvalue weighted by Crippen LogP contribution is -2.36. The van der Waals surface area contributed by atoms with Crippen molar-refractivity contribution in [3.8, 4) is 10.6 Å². The van der Waals surface area contributed by atoms with E-state index in [4.69, 9.17) is 4.74 Å². The molecule has 1 aliphatic heterocycles. The van der Waals surface area contributed by atoms with Gasteiger partial charge in [0.2, 0.25) is 5.91 Å². The van der Waals surface area contributed by atoms with Gasteiger partial charge in [0, 0.05) is 48.7 Å². The zero-order chi connectivity index (χ0) is 22.6. The van der Waals surface area contributed by atoms with Crippen LogP contribution in [0.4, 0.5) is 18.9 Å². The predicted molar refractivity (Wildman–Crippen MR) is 115 cm³/mol. The van der Waals surface area contributed by atoms with Crippen molar-refractivity contribution in [2.24, 2.45) is 0 Å². The van der Waals surface area contributed by atoms with E-state index in [2.05, 4.69) is 15.3 Å². The van der Waals surface area contributed by atoms with Gasteiger partial charge in [-0.3, -0.25) is 9.78 Å². The standard InChI is InChI=1S/C22H21F3N4O2S/c23-22(24,25)19-11-18(29-6-8-31-9-7-29)4-3-15(19)13-27-20(30)10-17-14-32-21(28-17)16-2-1-5-26-12-16/h1-5,11-12,14H,6-10,13H2,(H,27,30). The van der Waals surface area contributed by atoms with Crippen molar-refractivity contribution >= 4 is 22.9 Å². The number of nitrogens with zero attached hydrogens (tertiary/aromatic N) is 3. The molecule has 6 nitrogen and oxygen atoms in total. The molecule has 0 unspecified atom stereocenters. The minimum absolute atomic E-state index is 0.00995. The molecule has 0 bridgehead atoms. The van der Waals surface area contributed by atoms with Gasteiger partial charge < -0.3 is 15.0 Å². The van der Waals surface area contributed by atoms with Gasteiger partial charge in [0.25, 0.3) is 0 Å². The number of alkyl halides is 3. The number of rotatable bonds is 6. The highest BCUT2D eigenvalue weighted by Crippen LogP contribution is 2.35. The van der Waals surface area contributed by atoms with Crippen molar-refractivity contribution in [3.63, 3.8) is 0 Å². The third-order valence-corrected chi connectivity index (χ3v) is 5.99. The molecule has 0 aliphatic carbocycles. The zero-order valence-electron chi connectivity index (χ0n) is 17.1. The van der Waals surface area contributed by atoms with Crippen LogP contribution in [0.3, 0.4) is 0 Å². The molecule has 0 atom stereocenters. The SMILES string of the molecule is O=C(Cc1csc(-c2cccnc2)n1)NCc1ccc(N2CCOCC2)cc1C(F)(F)F. The van der Waals surface area contributed by atoms with Crippen molar-refractivity contribution in [1.29, 1.82) is 0 Å². The summed E-state index contributed by atoms with van der Waals surface area (Å²) in [7, 11) is 0. The Morgan fingerprint density at radius 3 is 2.75 bits per heavy atom. The van der Waals surface area contributed by atoms with Crippen molar-refractivity contribution in [1.82, 2.24) is 15.3 Å². The molecule has 1 aliphatic rings. The molecule has 0 spiro atoms. The highest BCUT2D eigenvalue weighted by Gasteiger charge is 2.34. The summed E-state index contributed by atoms with van der Waals surface area (Å²) < 4.78 is 46.2. The minimum atomic E-state index is -4.52. The summed E-state index contributed by atoms with van der Waals surface area (Å²) in [6, 6.07) is 7.90. The van der Waals surface area contributed by atoms with Gasteiger partial charge in [0.15, 0.2) is 0 Å². The number of anilines is 1. The van der Waals surface area contributed by atoms with Gasteiger partial charge >= 0.3 is 6.18 Å². The lowest BCUT2D eigenvalue weighted by Gasteiger charge is -2.29. The third-order valence-electron chi connectivity index (χ3n) is 5.05. The maximum atomic E-state index is 13.7. The van der Waals surface area contributed by atoms with E-state index in [9.17, 15) is 18.0 Å². The fourth-order valence-electron chi connectivity index (χ4n) is 3.43. The van der Waals surface area contributed by atoms with Crippen molar-refractivity contribution in [2.75, 3.05) is 31.2 Å². The van der Waals surface area contributed by atoms with Crippen LogP contribution in [0.25, 0.3) is 10.6 Å². The Hall–Kier alpha value is -2.98. The summed E-state index contributed by atoms with van der Waals surface area (Å²) in [6.07, 6.45) is -1.18. The molecule has 3 heterocycles. The molecular weight excluding hydrogens is 441 g/mol. The van der Waals surface area contributed by atoms with E-state index in [1.165, 1.54) is 17.4 Å². The molecule has 2 aromatic heterocycles. The molecule has 32 heavy (non-hydrogen) atoms. The third kappa shape index (κ3) is 5.43. The van der Waals surface area contributed by atoms with Crippen LogP contribution >= 0.6 is 11.3 Å². The Morgan fingerprint density at radius 1 is 1.22 bits per heavy atom. The van der Waals surface area contributed by atoms with Crippen molar-refractivity contribution < 1.29 is 22.7 Å². The maximum absolute atomic E-state index is 13.7. The Kier molecular flexibility index (Phi) is 6.71. The number of morpholine rings is 1. The first kappa shape index (κ1) is 22.2. The number of carbonyl (C=O) groups is 1. The van der Waals surface area contributed by atoms with Crippen molar-refractivity contribution in [2.45, 2.75) is 19.1 Å². The first-order chi connectivity index (χ1) is 15.4. The molecule has 10 heteroatoms. The molecule has 1 N–H and O–H groups in total. The zero-order valence-corrected chi connectivity index (χ0v) is 17.9. The molecule has 1 fully saturated rings. The second kappa shape index (κ2) is 9.66. The van der Waals surface area contributed by atoms with Crippen LogP contribution in [0, 0.1) is 0 Å². The molecule has 0 saturated carbocycles. The fraction of sp³-hybridized carbons (Fsp3) is 0.318.